The van der Waals surface area contributed by atoms with Crippen molar-refractivity contribution in [2.75, 3.05) is 25.2 Å². The average Bonchev–Trinajstić information content (AvgIpc) is 2.52. The van der Waals surface area contributed by atoms with Crippen molar-refractivity contribution in [2.45, 2.75) is 0 Å². The molecule has 104 valence electrons. The second kappa shape index (κ2) is 6.54. The van der Waals surface area contributed by atoms with E-state index >= 15 is 0 Å². The molecule has 2 aromatic carbocycles. The minimum atomic E-state index is -0.383. The van der Waals surface area contributed by atoms with Crippen LogP contribution in [0.5, 0.6) is 0 Å². The van der Waals surface area contributed by atoms with E-state index in [1.165, 1.54) is 0 Å². The molecule has 0 fully saturated rings. The number of allylic oxidation sites excluding steroid dienone is 1. The summed E-state index contributed by atoms with van der Waals surface area (Å²) in [5.74, 6) is 0. The predicted molar refractivity (Wildman–Crippen MR) is 83.4 cm³/mol. The van der Waals surface area contributed by atoms with Crippen LogP contribution in [0, 0.1) is 17.9 Å². The molecule has 0 saturated heterocycles. The summed E-state index contributed by atoms with van der Waals surface area (Å²) in [5.41, 5.74) is 1.84. The van der Waals surface area contributed by atoms with Gasteiger partial charge in [0.2, 0.25) is 0 Å². The highest BCUT2D eigenvalue weighted by atomic mass is 19.1. The van der Waals surface area contributed by atoms with E-state index in [2.05, 4.69) is 4.85 Å². The van der Waals surface area contributed by atoms with Crippen LogP contribution in [0.15, 0.2) is 42.1 Å². The Morgan fingerprint density at radius 3 is 2.71 bits per heavy atom. The number of halogens is 1. The van der Waals surface area contributed by atoms with Gasteiger partial charge in [-0.15, -0.1) is 0 Å². The van der Waals surface area contributed by atoms with Crippen molar-refractivity contribution in [2.24, 2.45) is 0 Å². The first-order valence-electron chi connectivity index (χ1n) is 6.48. The molecule has 0 N–H and O–H groups in total. The number of benzene rings is 2. The van der Waals surface area contributed by atoms with Gasteiger partial charge >= 0.3 is 0 Å². The molecule has 2 rings (SSSR count). The van der Waals surface area contributed by atoms with Crippen molar-refractivity contribution < 1.29 is 4.39 Å². The summed E-state index contributed by atoms with van der Waals surface area (Å²) < 4.78 is 12.4. The summed E-state index contributed by atoms with van der Waals surface area (Å²) in [7, 11) is 1.85. The molecule has 0 saturated carbocycles. The molecule has 4 heteroatoms. The van der Waals surface area contributed by atoms with Crippen LogP contribution in [0.4, 0.5) is 10.1 Å². The summed E-state index contributed by atoms with van der Waals surface area (Å²) in [4.78, 5) is 5.01. The van der Waals surface area contributed by atoms with Crippen LogP contribution in [-0.4, -0.2) is 20.3 Å². The Bertz CT molecular complexity index is 750. The van der Waals surface area contributed by atoms with E-state index in [0.717, 1.165) is 22.0 Å². The first kappa shape index (κ1) is 14.6. The van der Waals surface area contributed by atoms with E-state index in [1.54, 1.807) is 6.08 Å². The summed E-state index contributed by atoms with van der Waals surface area (Å²) in [6.07, 6.45) is 1.57. The molecule has 0 aromatic heterocycles. The Labute approximate surface area is 123 Å². The fourth-order valence-electron chi connectivity index (χ4n) is 2.08. The molecule has 3 nitrogen and oxygen atoms in total. The molecule has 0 spiro atoms. The molecule has 0 amide bonds. The Hall–Kier alpha value is -2.85. The molecule has 0 bridgehead atoms. The van der Waals surface area contributed by atoms with Gasteiger partial charge in [0.15, 0.2) is 0 Å². The monoisotopic (exact) mass is 279 g/mol. The van der Waals surface area contributed by atoms with Gasteiger partial charge in [0.05, 0.1) is 12.6 Å². The zero-order valence-electron chi connectivity index (χ0n) is 11.7. The van der Waals surface area contributed by atoms with Gasteiger partial charge in [-0.3, -0.25) is 0 Å². The first-order valence-corrected chi connectivity index (χ1v) is 6.48. The highest BCUT2D eigenvalue weighted by Gasteiger charge is 2.03. The van der Waals surface area contributed by atoms with Crippen molar-refractivity contribution >= 4 is 22.5 Å². The van der Waals surface area contributed by atoms with E-state index in [9.17, 15) is 4.39 Å². The van der Waals surface area contributed by atoms with Crippen LogP contribution in [0.25, 0.3) is 21.7 Å². The van der Waals surface area contributed by atoms with Crippen molar-refractivity contribution in [1.29, 1.82) is 5.26 Å². The van der Waals surface area contributed by atoms with Crippen LogP contribution in [0.1, 0.15) is 5.56 Å². The van der Waals surface area contributed by atoms with Gasteiger partial charge in [-0.1, -0.05) is 18.2 Å². The van der Waals surface area contributed by atoms with E-state index in [0.29, 0.717) is 6.54 Å². The molecule has 0 unspecified atom stereocenters. The van der Waals surface area contributed by atoms with E-state index < -0.39 is 0 Å². The minimum Gasteiger partial charge on any atom is -0.372 e. The molecule has 0 aliphatic carbocycles. The van der Waals surface area contributed by atoms with Gasteiger partial charge in [0, 0.05) is 19.3 Å². The number of alkyl halides is 1. The van der Waals surface area contributed by atoms with Crippen molar-refractivity contribution in [3.05, 3.63) is 59.1 Å². The van der Waals surface area contributed by atoms with Crippen molar-refractivity contribution in [3.63, 3.8) is 0 Å². The largest absolute Gasteiger partial charge is 0.372 e. The zero-order valence-corrected chi connectivity index (χ0v) is 11.7. The van der Waals surface area contributed by atoms with Gasteiger partial charge in [-0.05, 0) is 40.6 Å². The van der Waals surface area contributed by atoms with E-state index in [-0.39, 0.29) is 12.4 Å². The van der Waals surface area contributed by atoms with Crippen LogP contribution in [0.2, 0.25) is 0 Å². The number of fused-ring (bicyclic) bond motifs is 1. The lowest BCUT2D eigenvalue weighted by Crippen LogP contribution is -2.19. The van der Waals surface area contributed by atoms with Crippen LogP contribution in [-0.2, 0) is 0 Å². The molecular formula is C17H14FN3. The van der Waals surface area contributed by atoms with Gasteiger partial charge in [0.1, 0.15) is 6.67 Å². The third-order valence-corrected chi connectivity index (χ3v) is 3.25. The molecular weight excluding hydrogens is 265 g/mol. The van der Waals surface area contributed by atoms with Crippen LogP contribution in [0.3, 0.4) is 0 Å². The Morgan fingerprint density at radius 2 is 2.05 bits per heavy atom. The topological polar surface area (TPSA) is 31.4 Å². The van der Waals surface area contributed by atoms with Gasteiger partial charge in [-0.25, -0.2) is 14.5 Å². The smallest absolute Gasteiger partial charge is 0.262 e. The maximum absolute atomic E-state index is 12.4. The predicted octanol–water partition coefficient (Wildman–Crippen LogP) is 4.03. The fraction of sp³-hybridized carbons (Fsp3) is 0.176. The average molecular weight is 279 g/mol. The molecule has 0 atom stereocenters. The standard InChI is InChI=1S/C17H14FN3/c1-20-16(12-19)10-13-3-4-15-11-17(21(2)8-7-18)6-5-14(15)9-13/h3-6,9-11H,7-8H2,2H3/b16-10-. The Morgan fingerprint density at radius 1 is 1.33 bits per heavy atom. The number of nitriles is 1. The van der Waals surface area contributed by atoms with Crippen molar-refractivity contribution in [3.8, 4) is 6.07 Å². The van der Waals surface area contributed by atoms with Crippen LogP contribution < -0.4 is 4.90 Å². The SMILES string of the molecule is [C-]#[N+]/C(C#N)=C\c1ccc2cc(N(C)CCF)ccc2c1. The third kappa shape index (κ3) is 3.38. The second-order valence-electron chi connectivity index (χ2n) is 4.65. The lowest BCUT2D eigenvalue weighted by Gasteiger charge is -2.18. The summed E-state index contributed by atoms with van der Waals surface area (Å²) in [6.45, 7) is 6.87. The number of hydrogen-bond donors (Lipinski definition) is 0. The Kier molecular flexibility index (Phi) is 4.53. The molecule has 2 aromatic rings. The van der Waals surface area contributed by atoms with Gasteiger partial charge in [0.25, 0.3) is 5.70 Å². The highest BCUT2D eigenvalue weighted by molar-refractivity contribution is 5.88. The fourth-order valence-corrected chi connectivity index (χ4v) is 2.08. The number of anilines is 1. The van der Waals surface area contributed by atoms with Gasteiger partial charge < -0.3 is 4.90 Å². The molecule has 0 aliphatic rings. The number of nitrogens with zero attached hydrogens (tertiary/aromatic N) is 3. The van der Waals surface area contributed by atoms with Gasteiger partial charge in [-0.2, -0.15) is 0 Å². The first-order chi connectivity index (χ1) is 10.2. The summed E-state index contributed by atoms with van der Waals surface area (Å²) in [5, 5.41) is 10.8. The quantitative estimate of drug-likeness (QED) is 0.625. The number of hydrogen-bond acceptors (Lipinski definition) is 2. The molecule has 21 heavy (non-hydrogen) atoms. The van der Waals surface area contributed by atoms with Crippen molar-refractivity contribution in [1.82, 2.24) is 0 Å². The van der Waals surface area contributed by atoms with Crippen LogP contribution >= 0.6 is 0 Å². The minimum absolute atomic E-state index is 0.0636. The third-order valence-electron chi connectivity index (χ3n) is 3.25. The Balaban J connectivity index is 2.39. The summed E-state index contributed by atoms with van der Waals surface area (Å²) in [6, 6.07) is 13.5. The summed E-state index contributed by atoms with van der Waals surface area (Å²) >= 11 is 0. The maximum atomic E-state index is 12.4. The van der Waals surface area contributed by atoms with E-state index in [1.807, 2.05) is 54.4 Å². The molecule has 0 aliphatic heterocycles. The number of rotatable bonds is 4. The molecule has 0 radical (unpaired) electrons. The normalized spacial score (nSPS) is 11.0. The highest BCUT2D eigenvalue weighted by Crippen LogP contribution is 2.23. The second-order valence-corrected chi connectivity index (χ2v) is 4.65. The van der Waals surface area contributed by atoms with E-state index in [4.69, 9.17) is 11.8 Å². The lowest BCUT2D eigenvalue weighted by atomic mass is 10.1. The lowest BCUT2D eigenvalue weighted by molar-refractivity contribution is 0.497. The maximum Gasteiger partial charge on any atom is 0.262 e. The zero-order chi connectivity index (χ0) is 15.2. The molecule has 0 heterocycles.